The number of carbonyl (C=O) groups excluding carboxylic acids is 3. The molecule has 0 atom stereocenters. The van der Waals surface area contributed by atoms with Crippen LogP contribution in [0.25, 0.3) is 0 Å². The molecule has 0 unspecified atom stereocenters. The molecular weight excluding hydrogens is 358 g/mol. The lowest BCUT2D eigenvalue weighted by Gasteiger charge is -2.22. The second-order valence-corrected chi connectivity index (χ2v) is 7.26. The summed E-state index contributed by atoms with van der Waals surface area (Å²) in [4.78, 5) is 37.8. The van der Waals surface area contributed by atoms with Crippen molar-refractivity contribution in [1.29, 1.82) is 0 Å². The first-order valence-corrected chi connectivity index (χ1v) is 9.56. The molecule has 0 heterocycles. The molecule has 1 aliphatic rings. The van der Waals surface area contributed by atoms with E-state index in [9.17, 15) is 14.4 Å². The van der Waals surface area contributed by atoms with Gasteiger partial charge in [-0.05, 0) is 44.0 Å². The zero-order valence-electron chi connectivity index (χ0n) is 16.7. The number of rotatable bonds is 6. The minimum atomic E-state index is -0.815. The Morgan fingerprint density at radius 3 is 2.29 bits per heavy atom. The van der Waals surface area contributed by atoms with Gasteiger partial charge in [-0.3, -0.25) is 14.4 Å². The lowest BCUT2D eigenvalue weighted by atomic mass is 9.95. The molecule has 152 valence electrons. The average Bonchev–Trinajstić information content (AvgIpc) is 2.67. The Bertz CT molecular complexity index is 722. The summed E-state index contributed by atoms with van der Waals surface area (Å²) in [7, 11) is 3.88. The van der Waals surface area contributed by atoms with Crippen LogP contribution in [0.2, 0.25) is 0 Å². The van der Waals surface area contributed by atoms with Crippen molar-refractivity contribution < 1.29 is 14.4 Å². The molecule has 8 heteroatoms. The zero-order valence-corrected chi connectivity index (χ0v) is 16.7. The van der Waals surface area contributed by atoms with E-state index in [1.54, 1.807) is 6.92 Å². The molecule has 1 aliphatic carbocycles. The Hall–Kier alpha value is -2.90. The Morgan fingerprint density at radius 2 is 1.68 bits per heavy atom. The van der Waals surface area contributed by atoms with Gasteiger partial charge in [0.05, 0.1) is 6.42 Å². The second kappa shape index (κ2) is 10.4. The number of carbonyl (C=O) groups is 3. The summed E-state index contributed by atoms with van der Waals surface area (Å²) in [6.45, 7) is 1.62. The molecule has 0 aromatic heterocycles. The van der Waals surface area contributed by atoms with Crippen LogP contribution < -0.4 is 21.0 Å². The molecule has 0 aliphatic heterocycles. The predicted molar refractivity (Wildman–Crippen MR) is 110 cm³/mol. The van der Waals surface area contributed by atoms with Crippen molar-refractivity contribution in [3.05, 3.63) is 24.3 Å². The van der Waals surface area contributed by atoms with E-state index in [2.05, 4.69) is 21.2 Å². The maximum absolute atomic E-state index is 12.1. The minimum absolute atomic E-state index is 0.0138. The van der Waals surface area contributed by atoms with Crippen molar-refractivity contribution in [1.82, 2.24) is 10.7 Å². The average molecular weight is 387 g/mol. The van der Waals surface area contributed by atoms with E-state index < -0.39 is 11.8 Å². The number of hydrazone groups is 1. The van der Waals surface area contributed by atoms with Crippen molar-refractivity contribution in [3.63, 3.8) is 0 Å². The first-order valence-electron chi connectivity index (χ1n) is 9.56. The van der Waals surface area contributed by atoms with Gasteiger partial charge in [-0.25, -0.2) is 5.43 Å². The van der Waals surface area contributed by atoms with Crippen LogP contribution in [-0.4, -0.2) is 43.6 Å². The van der Waals surface area contributed by atoms with Gasteiger partial charge in [-0.15, -0.1) is 0 Å². The van der Waals surface area contributed by atoms with Crippen LogP contribution in [0.5, 0.6) is 0 Å². The van der Waals surface area contributed by atoms with E-state index in [4.69, 9.17) is 0 Å². The van der Waals surface area contributed by atoms with Gasteiger partial charge in [0.2, 0.25) is 5.91 Å². The second-order valence-electron chi connectivity index (χ2n) is 7.26. The largest absolute Gasteiger partial charge is 0.378 e. The number of amides is 3. The molecule has 3 amide bonds. The van der Waals surface area contributed by atoms with Crippen LogP contribution >= 0.6 is 0 Å². The van der Waals surface area contributed by atoms with Crippen molar-refractivity contribution in [2.24, 2.45) is 5.10 Å². The van der Waals surface area contributed by atoms with Crippen molar-refractivity contribution in [3.8, 4) is 0 Å². The SMILES string of the molecule is C/C(CC(=O)Nc1ccc(N(C)C)cc1)=N/NC(=O)C(=O)NC1CCCCC1. The molecule has 0 saturated heterocycles. The summed E-state index contributed by atoms with van der Waals surface area (Å²) >= 11 is 0. The molecule has 1 aromatic carbocycles. The Morgan fingerprint density at radius 1 is 1.04 bits per heavy atom. The lowest BCUT2D eigenvalue weighted by molar-refractivity contribution is -0.139. The van der Waals surface area contributed by atoms with Crippen LogP contribution in [0.3, 0.4) is 0 Å². The van der Waals surface area contributed by atoms with Gasteiger partial charge in [-0.1, -0.05) is 19.3 Å². The monoisotopic (exact) mass is 387 g/mol. The molecule has 0 bridgehead atoms. The van der Waals surface area contributed by atoms with Crippen LogP contribution in [-0.2, 0) is 14.4 Å². The normalized spacial score (nSPS) is 14.9. The molecule has 0 spiro atoms. The van der Waals surface area contributed by atoms with Gasteiger partial charge in [0.25, 0.3) is 0 Å². The van der Waals surface area contributed by atoms with Crippen LogP contribution in [0.1, 0.15) is 45.4 Å². The minimum Gasteiger partial charge on any atom is -0.378 e. The Labute approximate surface area is 165 Å². The standard InChI is InChI=1S/C20H29N5O3/c1-14(13-18(26)21-16-9-11-17(12-10-16)25(2)3)23-24-20(28)19(27)22-15-7-5-4-6-8-15/h9-12,15H,4-8,13H2,1-3H3,(H,21,26)(H,22,27)(H,24,28)/b23-14-. The third-order valence-electron chi connectivity index (χ3n) is 4.58. The van der Waals surface area contributed by atoms with Crippen LogP contribution in [0.15, 0.2) is 29.4 Å². The molecule has 1 fully saturated rings. The highest BCUT2D eigenvalue weighted by Gasteiger charge is 2.20. The molecule has 2 rings (SSSR count). The molecule has 0 radical (unpaired) electrons. The van der Waals surface area contributed by atoms with Gasteiger partial charge >= 0.3 is 11.8 Å². The number of hydrogen-bond donors (Lipinski definition) is 3. The molecule has 28 heavy (non-hydrogen) atoms. The van der Waals surface area contributed by atoms with Gasteiger partial charge in [-0.2, -0.15) is 5.10 Å². The van der Waals surface area contributed by atoms with Crippen molar-refractivity contribution >= 4 is 34.8 Å². The third kappa shape index (κ3) is 7.02. The number of nitrogens with zero attached hydrogens (tertiary/aromatic N) is 2. The first kappa shape index (κ1) is 21.4. The maximum Gasteiger partial charge on any atom is 0.329 e. The quantitative estimate of drug-likeness (QED) is 0.395. The van der Waals surface area contributed by atoms with Crippen LogP contribution in [0, 0.1) is 0 Å². The fourth-order valence-electron chi connectivity index (χ4n) is 3.01. The third-order valence-corrected chi connectivity index (χ3v) is 4.58. The Kier molecular flexibility index (Phi) is 7.98. The number of anilines is 2. The topological polar surface area (TPSA) is 103 Å². The summed E-state index contributed by atoms with van der Waals surface area (Å²) < 4.78 is 0. The summed E-state index contributed by atoms with van der Waals surface area (Å²) in [6, 6.07) is 7.50. The van der Waals surface area contributed by atoms with Crippen molar-refractivity contribution in [2.75, 3.05) is 24.3 Å². The molecular formula is C20H29N5O3. The number of nitrogens with one attached hydrogen (secondary N) is 3. The van der Waals surface area contributed by atoms with Gasteiger partial charge < -0.3 is 15.5 Å². The van der Waals surface area contributed by atoms with E-state index >= 15 is 0 Å². The summed E-state index contributed by atoms with van der Waals surface area (Å²) in [5.74, 6) is -1.75. The Balaban J connectivity index is 1.76. The zero-order chi connectivity index (χ0) is 20.5. The number of hydrogen-bond acceptors (Lipinski definition) is 5. The molecule has 1 saturated carbocycles. The van der Waals surface area contributed by atoms with E-state index in [1.807, 2.05) is 43.3 Å². The predicted octanol–water partition coefficient (Wildman–Crippen LogP) is 2.02. The highest BCUT2D eigenvalue weighted by molar-refractivity contribution is 6.35. The van der Waals surface area contributed by atoms with E-state index in [0.717, 1.165) is 31.4 Å². The first-order chi connectivity index (χ1) is 13.3. The fraction of sp³-hybridized carbons (Fsp3) is 0.500. The lowest BCUT2D eigenvalue weighted by Crippen LogP contribution is -2.44. The van der Waals surface area contributed by atoms with Crippen LogP contribution in [0.4, 0.5) is 11.4 Å². The fourth-order valence-corrected chi connectivity index (χ4v) is 3.01. The molecule has 8 nitrogen and oxygen atoms in total. The maximum atomic E-state index is 12.1. The van der Waals surface area contributed by atoms with E-state index in [-0.39, 0.29) is 18.4 Å². The summed E-state index contributed by atoms with van der Waals surface area (Å²) in [6.07, 6.45) is 5.12. The summed E-state index contributed by atoms with van der Waals surface area (Å²) in [5, 5.41) is 9.34. The highest BCUT2D eigenvalue weighted by Crippen LogP contribution is 2.17. The van der Waals surface area contributed by atoms with Gasteiger partial charge in [0.15, 0.2) is 0 Å². The smallest absolute Gasteiger partial charge is 0.329 e. The van der Waals surface area contributed by atoms with E-state index in [1.165, 1.54) is 6.42 Å². The highest BCUT2D eigenvalue weighted by atomic mass is 16.2. The molecule has 1 aromatic rings. The summed E-state index contributed by atoms with van der Waals surface area (Å²) in [5.41, 5.74) is 4.33. The van der Waals surface area contributed by atoms with Gasteiger partial charge in [0, 0.05) is 37.2 Å². The van der Waals surface area contributed by atoms with Gasteiger partial charge in [0.1, 0.15) is 0 Å². The molecule has 3 N–H and O–H groups in total. The van der Waals surface area contributed by atoms with E-state index in [0.29, 0.717) is 11.4 Å². The number of benzene rings is 1. The van der Waals surface area contributed by atoms with Crippen molar-refractivity contribution in [2.45, 2.75) is 51.5 Å².